The number of carbonyl (C=O) groups excluding carboxylic acids is 1. The van der Waals surface area contributed by atoms with Gasteiger partial charge in [-0.25, -0.2) is 0 Å². The van der Waals surface area contributed by atoms with E-state index in [1.54, 1.807) is 24.3 Å². The van der Waals surface area contributed by atoms with Gasteiger partial charge in [-0.3, -0.25) is 25.0 Å². The average molecular weight is 326 g/mol. The van der Waals surface area contributed by atoms with Crippen molar-refractivity contribution in [3.63, 3.8) is 0 Å². The maximum Gasteiger partial charge on any atom is 0.301 e. The maximum absolute atomic E-state index is 12.2. The Hall–Kier alpha value is -3.62. The third-order valence-corrected chi connectivity index (χ3v) is 3.48. The van der Waals surface area contributed by atoms with Crippen LogP contribution >= 0.6 is 0 Å². The first-order valence-electron chi connectivity index (χ1n) is 6.86. The van der Waals surface area contributed by atoms with E-state index in [4.69, 9.17) is 0 Å². The van der Waals surface area contributed by atoms with Crippen LogP contribution in [0.5, 0.6) is 0 Å². The van der Waals surface area contributed by atoms with Gasteiger partial charge in [-0.2, -0.15) is 10.1 Å². The molecule has 9 heteroatoms. The predicted molar refractivity (Wildman–Crippen MR) is 84.8 cm³/mol. The molecule has 2 aromatic rings. The fraction of sp³-hybridized carbons (Fsp3) is 0.0667. The van der Waals surface area contributed by atoms with Gasteiger partial charge in [0.15, 0.2) is 0 Å². The van der Waals surface area contributed by atoms with Crippen molar-refractivity contribution in [3.05, 3.63) is 74.3 Å². The molecule has 3 rings (SSSR count). The third-order valence-electron chi connectivity index (χ3n) is 3.48. The van der Waals surface area contributed by atoms with Crippen molar-refractivity contribution < 1.29 is 14.6 Å². The number of hydrazone groups is 1. The van der Waals surface area contributed by atoms with E-state index in [1.807, 2.05) is 6.07 Å². The van der Waals surface area contributed by atoms with Crippen LogP contribution in [0.15, 0.2) is 53.6 Å². The van der Waals surface area contributed by atoms with Crippen LogP contribution in [0.2, 0.25) is 0 Å². The van der Waals surface area contributed by atoms with Crippen LogP contribution in [0.1, 0.15) is 12.0 Å². The van der Waals surface area contributed by atoms with Gasteiger partial charge < -0.3 is 0 Å². The van der Waals surface area contributed by atoms with Crippen LogP contribution in [-0.2, 0) is 4.79 Å². The molecule has 1 heterocycles. The van der Waals surface area contributed by atoms with Crippen molar-refractivity contribution in [3.8, 4) is 0 Å². The zero-order valence-corrected chi connectivity index (χ0v) is 12.2. The van der Waals surface area contributed by atoms with Crippen LogP contribution in [0, 0.1) is 20.2 Å². The van der Waals surface area contributed by atoms with Crippen molar-refractivity contribution >= 4 is 28.7 Å². The van der Waals surface area contributed by atoms with Crippen LogP contribution < -0.4 is 5.01 Å². The van der Waals surface area contributed by atoms with Gasteiger partial charge in [-0.05, 0) is 11.6 Å². The first kappa shape index (κ1) is 15.3. The second kappa shape index (κ2) is 5.88. The lowest BCUT2D eigenvalue weighted by atomic mass is 10.1. The summed E-state index contributed by atoms with van der Waals surface area (Å²) in [5, 5.41) is 27.1. The van der Waals surface area contributed by atoms with Crippen LogP contribution in [-0.4, -0.2) is 21.5 Å². The summed E-state index contributed by atoms with van der Waals surface area (Å²) < 4.78 is 0. The first-order valence-corrected chi connectivity index (χ1v) is 6.86. The topological polar surface area (TPSA) is 119 Å². The van der Waals surface area contributed by atoms with E-state index < -0.39 is 27.1 Å². The molecule has 0 aliphatic carbocycles. The molecular formula is C15H10N4O5. The number of nitrogens with zero attached hydrogens (tertiary/aromatic N) is 4. The lowest BCUT2D eigenvalue weighted by Gasteiger charge is -2.11. The molecule has 9 nitrogen and oxygen atoms in total. The number of benzene rings is 2. The molecule has 0 bridgehead atoms. The molecule has 0 radical (unpaired) electrons. The normalized spacial score (nSPS) is 13.8. The molecule has 0 saturated carbocycles. The minimum Gasteiger partial charge on any atom is -0.272 e. The Morgan fingerprint density at radius 3 is 2.33 bits per heavy atom. The highest BCUT2D eigenvalue weighted by Crippen LogP contribution is 2.34. The van der Waals surface area contributed by atoms with Gasteiger partial charge in [0.2, 0.25) is 0 Å². The Bertz CT molecular complexity index is 879. The van der Waals surface area contributed by atoms with Crippen molar-refractivity contribution in [2.75, 3.05) is 5.01 Å². The molecule has 1 aliphatic heterocycles. The minimum atomic E-state index is -0.772. The van der Waals surface area contributed by atoms with Gasteiger partial charge in [-0.1, -0.05) is 30.3 Å². The zero-order chi connectivity index (χ0) is 17.3. The molecule has 0 fully saturated rings. The maximum atomic E-state index is 12.2. The number of anilines is 1. The van der Waals surface area contributed by atoms with Crippen LogP contribution in [0.3, 0.4) is 0 Å². The third kappa shape index (κ3) is 2.70. The molecular weight excluding hydrogens is 316 g/mol. The summed E-state index contributed by atoms with van der Waals surface area (Å²) in [4.78, 5) is 32.7. The van der Waals surface area contributed by atoms with E-state index in [1.165, 1.54) is 0 Å². The van der Waals surface area contributed by atoms with Gasteiger partial charge >= 0.3 is 5.69 Å². The minimum absolute atomic E-state index is 0.00183. The molecule has 0 atom stereocenters. The van der Waals surface area contributed by atoms with Gasteiger partial charge in [0.05, 0.1) is 28.0 Å². The number of rotatable bonds is 4. The summed E-state index contributed by atoms with van der Waals surface area (Å²) in [7, 11) is 0. The van der Waals surface area contributed by atoms with Crippen molar-refractivity contribution in [2.24, 2.45) is 5.10 Å². The van der Waals surface area contributed by atoms with E-state index >= 15 is 0 Å². The molecule has 0 saturated heterocycles. The van der Waals surface area contributed by atoms with Crippen molar-refractivity contribution in [1.82, 2.24) is 0 Å². The van der Waals surface area contributed by atoms with Gasteiger partial charge in [0.1, 0.15) is 5.69 Å². The second-order valence-electron chi connectivity index (χ2n) is 4.98. The van der Waals surface area contributed by atoms with Crippen molar-refractivity contribution in [1.29, 1.82) is 0 Å². The molecule has 120 valence electrons. The Balaban J connectivity index is 2.05. The number of nitro groups is 2. The van der Waals surface area contributed by atoms with E-state index in [9.17, 15) is 25.0 Å². The van der Waals surface area contributed by atoms with Gasteiger partial charge in [-0.15, -0.1) is 0 Å². The highest BCUT2D eigenvalue weighted by Gasteiger charge is 2.32. The summed E-state index contributed by atoms with van der Waals surface area (Å²) in [6.45, 7) is 0. The van der Waals surface area contributed by atoms with Crippen LogP contribution in [0.4, 0.5) is 17.1 Å². The molecule has 1 aliphatic rings. The summed E-state index contributed by atoms with van der Waals surface area (Å²) in [6, 6.07) is 12.0. The summed E-state index contributed by atoms with van der Waals surface area (Å²) in [5.41, 5.74) is 0.146. The van der Waals surface area contributed by atoms with Crippen LogP contribution in [0.25, 0.3) is 0 Å². The quantitative estimate of drug-likeness (QED) is 0.632. The Morgan fingerprint density at radius 1 is 1.00 bits per heavy atom. The van der Waals surface area contributed by atoms with E-state index in [0.29, 0.717) is 5.71 Å². The molecule has 2 aromatic carbocycles. The number of hydrogen-bond donors (Lipinski definition) is 0. The average Bonchev–Trinajstić information content (AvgIpc) is 2.96. The fourth-order valence-corrected chi connectivity index (χ4v) is 2.36. The Labute approximate surface area is 135 Å². The molecule has 0 N–H and O–H groups in total. The predicted octanol–water partition coefficient (Wildman–Crippen LogP) is 2.64. The molecule has 1 amide bonds. The molecule has 0 unspecified atom stereocenters. The summed E-state index contributed by atoms with van der Waals surface area (Å²) >= 11 is 0. The van der Waals surface area contributed by atoms with E-state index in [0.717, 1.165) is 28.8 Å². The van der Waals surface area contributed by atoms with Gasteiger partial charge in [0, 0.05) is 6.07 Å². The molecule has 24 heavy (non-hydrogen) atoms. The fourth-order valence-electron chi connectivity index (χ4n) is 2.36. The highest BCUT2D eigenvalue weighted by molar-refractivity contribution is 6.19. The number of nitro benzene ring substituents is 2. The zero-order valence-electron chi connectivity index (χ0n) is 12.2. The monoisotopic (exact) mass is 326 g/mol. The van der Waals surface area contributed by atoms with Crippen molar-refractivity contribution in [2.45, 2.75) is 6.42 Å². The SMILES string of the molecule is O=C1CC(c2ccccc2)=NN1c1ccc([N+](=O)[O-])cc1[N+](=O)[O-]. The molecule has 0 spiro atoms. The Morgan fingerprint density at radius 2 is 1.71 bits per heavy atom. The smallest absolute Gasteiger partial charge is 0.272 e. The first-order chi connectivity index (χ1) is 11.5. The van der Waals surface area contributed by atoms with E-state index in [-0.39, 0.29) is 12.1 Å². The number of hydrogen-bond acceptors (Lipinski definition) is 6. The summed E-state index contributed by atoms with van der Waals surface area (Å²) in [6.07, 6.45) is -0.00183. The lowest BCUT2D eigenvalue weighted by molar-refractivity contribution is -0.393. The van der Waals surface area contributed by atoms with E-state index in [2.05, 4.69) is 5.10 Å². The number of amides is 1. The molecule has 0 aromatic heterocycles. The lowest BCUT2D eigenvalue weighted by Crippen LogP contribution is -2.20. The Kier molecular flexibility index (Phi) is 3.74. The highest BCUT2D eigenvalue weighted by atomic mass is 16.6. The standard InChI is InChI=1S/C15H10N4O5/c20-15-9-12(10-4-2-1-3-5-10)16-17(15)13-7-6-11(18(21)22)8-14(13)19(23)24/h1-8H,9H2. The van der Waals surface area contributed by atoms with Gasteiger partial charge in [0.25, 0.3) is 11.6 Å². The number of carbonyl (C=O) groups is 1. The number of non-ortho nitro benzene ring substituents is 1. The largest absolute Gasteiger partial charge is 0.301 e. The summed E-state index contributed by atoms with van der Waals surface area (Å²) in [5.74, 6) is -0.439. The second-order valence-corrected chi connectivity index (χ2v) is 4.98.